The lowest BCUT2D eigenvalue weighted by molar-refractivity contribution is 0.0760. The zero-order valence-electron chi connectivity index (χ0n) is 12.8. The van der Waals surface area contributed by atoms with Crippen molar-refractivity contribution in [1.82, 2.24) is 20.5 Å². The van der Waals surface area contributed by atoms with Gasteiger partial charge in [0.1, 0.15) is 0 Å². The number of aromatic nitrogens is 3. The van der Waals surface area contributed by atoms with Gasteiger partial charge in [-0.25, -0.2) is 0 Å². The van der Waals surface area contributed by atoms with Crippen molar-refractivity contribution in [2.75, 3.05) is 13.2 Å². The Morgan fingerprint density at radius 2 is 2.19 bits per heavy atom. The van der Waals surface area contributed by atoms with Crippen molar-refractivity contribution in [1.29, 1.82) is 0 Å². The molecule has 0 aliphatic carbocycles. The Kier molecular flexibility index (Phi) is 6.37. The summed E-state index contributed by atoms with van der Waals surface area (Å²) in [5.41, 5.74) is 3.28. The topological polar surface area (TPSA) is 62.8 Å². The summed E-state index contributed by atoms with van der Waals surface area (Å²) in [4.78, 5) is 4.14. The Labute approximate surface area is 126 Å². The third-order valence-corrected chi connectivity index (χ3v) is 3.18. The van der Waals surface area contributed by atoms with Gasteiger partial charge in [0.05, 0.1) is 18.0 Å². The van der Waals surface area contributed by atoms with Crippen molar-refractivity contribution in [3.8, 4) is 11.3 Å². The van der Waals surface area contributed by atoms with Gasteiger partial charge in [-0.3, -0.25) is 10.1 Å². The lowest BCUT2D eigenvalue weighted by Crippen LogP contribution is -2.15. The van der Waals surface area contributed by atoms with Crippen LogP contribution in [0.25, 0.3) is 11.3 Å². The van der Waals surface area contributed by atoms with Crippen molar-refractivity contribution in [3.63, 3.8) is 0 Å². The van der Waals surface area contributed by atoms with Crippen LogP contribution in [0.4, 0.5) is 0 Å². The van der Waals surface area contributed by atoms with E-state index in [4.69, 9.17) is 4.74 Å². The van der Waals surface area contributed by atoms with E-state index in [0.717, 1.165) is 43.8 Å². The molecule has 5 nitrogen and oxygen atoms in total. The predicted molar refractivity (Wildman–Crippen MR) is 83.8 cm³/mol. The number of nitrogens with zero attached hydrogens (tertiary/aromatic N) is 2. The number of hydrogen-bond acceptors (Lipinski definition) is 4. The summed E-state index contributed by atoms with van der Waals surface area (Å²) in [7, 11) is 0. The fourth-order valence-electron chi connectivity index (χ4n) is 2.10. The molecule has 0 atom stereocenters. The van der Waals surface area contributed by atoms with Gasteiger partial charge >= 0.3 is 0 Å². The second-order valence-electron chi connectivity index (χ2n) is 5.32. The molecule has 0 unspecified atom stereocenters. The Morgan fingerprint density at radius 1 is 1.29 bits per heavy atom. The van der Waals surface area contributed by atoms with Crippen LogP contribution in [0.3, 0.4) is 0 Å². The number of ether oxygens (including phenoxy) is 1. The molecule has 2 aromatic rings. The molecule has 0 saturated heterocycles. The van der Waals surface area contributed by atoms with E-state index >= 15 is 0 Å². The van der Waals surface area contributed by atoms with Gasteiger partial charge in [-0.1, -0.05) is 0 Å². The zero-order valence-corrected chi connectivity index (χ0v) is 12.8. The van der Waals surface area contributed by atoms with Crippen LogP contribution in [-0.4, -0.2) is 34.4 Å². The molecule has 114 valence electrons. The van der Waals surface area contributed by atoms with Gasteiger partial charge in [-0.2, -0.15) is 5.10 Å². The number of H-pyrrole nitrogens is 1. The summed E-state index contributed by atoms with van der Waals surface area (Å²) in [6.07, 6.45) is 8.03. The van der Waals surface area contributed by atoms with Gasteiger partial charge < -0.3 is 10.1 Å². The zero-order chi connectivity index (χ0) is 14.9. The lowest BCUT2D eigenvalue weighted by atomic mass is 10.1. The molecule has 0 aromatic carbocycles. The molecule has 2 rings (SSSR count). The minimum absolute atomic E-state index is 0.325. The van der Waals surface area contributed by atoms with E-state index in [0.29, 0.717) is 6.10 Å². The van der Waals surface area contributed by atoms with Gasteiger partial charge in [0.25, 0.3) is 0 Å². The van der Waals surface area contributed by atoms with Crippen molar-refractivity contribution >= 4 is 0 Å². The second-order valence-corrected chi connectivity index (χ2v) is 5.32. The Hall–Kier alpha value is -1.72. The highest BCUT2D eigenvalue weighted by Crippen LogP contribution is 2.19. The first-order chi connectivity index (χ1) is 10.3. The van der Waals surface area contributed by atoms with Crippen LogP contribution in [-0.2, 0) is 11.3 Å². The molecule has 2 aromatic heterocycles. The van der Waals surface area contributed by atoms with Crippen LogP contribution < -0.4 is 5.32 Å². The van der Waals surface area contributed by atoms with E-state index in [1.165, 1.54) is 5.56 Å². The third-order valence-electron chi connectivity index (χ3n) is 3.18. The molecule has 0 bridgehead atoms. The first-order valence-corrected chi connectivity index (χ1v) is 7.52. The molecule has 0 aliphatic rings. The van der Waals surface area contributed by atoms with Crippen LogP contribution in [0, 0.1) is 0 Å². The summed E-state index contributed by atoms with van der Waals surface area (Å²) in [5.74, 6) is 0. The van der Waals surface area contributed by atoms with Gasteiger partial charge in [0, 0.05) is 36.7 Å². The van der Waals surface area contributed by atoms with Crippen molar-refractivity contribution in [2.45, 2.75) is 39.3 Å². The van der Waals surface area contributed by atoms with Crippen molar-refractivity contribution in [3.05, 3.63) is 36.3 Å². The average Bonchev–Trinajstić information content (AvgIpc) is 2.95. The third kappa shape index (κ3) is 5.28. The van der Waals surface area contributed by atoms with E-state index in [9.17, 15) is 0 Å². The lowest BCUT2D eigenvalue weighted by Gasteiger charge is -2.08. The molecule has 5 heteroatoms. The second kappa shape index (κ2) is 8.54. The summed E-state index contributed by atoms with van der Waals surface area (Å²) >= 11 is 0. The number of nitrogens with one attached hydrogen (secondary N) is 2. The van der Waals surface area contributed by atoms with Crippen molar-refractivity contribution < 1.29 is 4.74 Å². The summed E-state index contributed by atoms with van der Waals surface area (Å²) in [5, 5.41) is 10.6. The van der Waals surface area contributed by atoms with Gasteiger partial charge in [0.15, 0.2) is 0 Å². The van der Waals surface area contributed by atoms with E-state index in [1.54, 1.807) is 6.20 Å². The fraction of sp³-hybridized carbons (Fsp3) is 0.500. The summed E-state index contributed by atoms with van der Waals surface area (Å²) in [6, 6.07) is 3.97. The maximum atomic E-state index is 5.52. The minimum Gasteiger partial charge on any atom is -0.379 e. The molecule has 0 spiro atoms. The molecule has 0 aliphatic heterocycles. The van der Waals surface area contributed by atoms with E-state index < -0.39 is 0 Å². The average molecular weight is 288 g/mol. The minimum atomic E-state index is 0.325. The summed E-state index contributed by atoms with van der Waals surface area (Å²) in [6.45, 7) is 6.77. The van der Waals surface area contributed by atoms with Crippen LogP contribution in [0.15, 0.2) is 30.7 Å². The quantitative estimate of drug-likeness (QED) is 0.696. The van der Waals surface area contributed by atoms with Gasteiger partial charge in [-0.05, 0) is 45.4 Å². The highest BCUT2D eigenvalue weighted by Gasteiger charge is 2.06. The van der Waals surface area contributed by atoms with Crippen molar-refractivity contribution in [2.24, 2.45) is 0 Å². The summed E-state index contributed by atoms with van der Waals surface area (Å²) < 4.78 is 5.52. The molecule has 2 heterocycles. The Balaban J connectivity index is 1.71. The molecule has 21 heavy (non-hydrogen) atoms. The fourth-order valence-corrected chi connectivity index (χ4v) is 2.10. The number of unbranched alkanes of at least 4 members (excludes halogenated alkanes) is 1. The Morgan fingerprint density at radius 3 is 2.95 bits per heavy atom. The highest BCUT2D eigenvalue weighted by molar-refractivity contribution is 5.61. The number of rotatable bonds is 9. The molecular formula is C16H24N4O. The molecule has 0 fully saturated rings. The highest BCUT2D eigenvalue weighted by atomic mass is 16.5. The van der Waals surface area contributed by atoms with E-state index in [1.807, 2.05) is 24.5 Å². The maximum Gasteiger partial charge on any atom is 0.0710 e. The smallest absolute Gasteiger partial charge is 0.0710 e. The number of aromatic amines is 1. The Bertz CT molecular complexity index is 510. The normalized spacial score (nSPS) is 11.2. The van der Waals surface area contributed by atoms with Gasteiger partial charge in [-0.15, -0.1) is 0 Å². The van der Waals surface area contributed by atoms with Crippen LogP contribution in [0.1, 0.15) is 32.3 Å². The monoisotopic (exact) mass is 288 g/mol. The molecule has 2 N–H and O–H groups in total. The SMILES string of the molecule is CC(C)OCCCCNCc1cn[nH]c1-c1cccnc1. The maximum absolute atomic E-state index is 5.52. The molecule has 0 amide bonds. The van der Waals surface area contributed by atoms with Crippen LogP contribution in [0.2, 0.25) is 0 Å². The first-order valence-electron chi connectivity index (χ1n) is 7.52. The standard InChI is InChI=1S/C16H24N4O/c1-13(2)21-9-4-3-7-17-11-15-12-19-20-16(15)14-6-5-8-18-10-14/h5-6,8,10,12-13,17H,3-4,7,9,11H2,1-2H3,(H,19,20). The van der Waals surface area contributed by atoms with Crippen LogP contribution >= 0.6 is 0 Å². The molecule has 0 radical (unpaired) electrons. The largest absolute Gasteiger partial charge is 0.379 e. The van der Waals surface area contributed by atoms with E-state index in [-0.39, 0.29) is 0 Å². The number of hydrogen-bond donors (Lipinski definition) is 2. The molecule has 0 saturated carbocycles. The first kappa shape index (κ1) is 15.7. The predicted octanol–water partition coefficient (Wildman–Crippen LogP) is 2.77. The van der Waals surface area contributed by atoms with Gasteiger partial charge in [0.2, 0.25) is 0 Å². The molecular weight excluding hydrogens is 264 g/mol. The number of pyridine rings is 1. The van der Waals surface area contributed by atoms with E-state index in [2.05, 4.69) is 34.3 Å². The van der Waals surface area contributed by atoms with Crippen LogP contribution in [0.5, 0.6) is 0 Å².